The molecule has 18 heavy (non-hydrogen) atoms. The highest BCUT2D eigenvalue weighted by Crippen LogP contribution is 2.30. The van der Waals surface area contributed by atoms with Crippen molar-refractivity contribution in [1.29, 1.82) is 0 Å². The lowest BCUT2D eigenvalue weighted by Crippen LogP contribution is -2.38. The molecule has 2 saturated heterocycles. The van der Waals surface area contributed by atoms with Gasteiger partial charge in [0.05, 0.1) is 5.54 Å². The molecule has 2 rings (SSSR count). The number of nitrogens with zero attached hydrogens (tertiary/aromatic N) is 4. The van der Waals surface area contributed by atoms with E-state index in [2.05, 4.69) is 10.2 Å². The van der Waals surface area contributed by atoms with Gasteiger partial charge in [0.1, 0.15) is 5.84 Å². The third-order valence-electron chi connectivity index (χ3n) is 3.80. The molecule has 0 amide bonds. The maximum atomic E-state index is 11.9. The molecule has 102 valence electrons. The van der Waals surface area contributed by atoms with Crippen molar-refractivity contribution in [3.05, 3.63) is 5.21 Å². The summed E-state index contributed by atoms with van der Waals surface area (Å²) in [5.41, 5.74) is -0.696. The summed E-state index contributed by atoms with van der Waals surface area (Å²) in [6, 6.07) is 0. The zero-order chi connectivity index (χ0) is 13.6. The van der Waals surface area contributed by atoms with Crippen LogP contribution in [0.4, 0.5) is 0 Å². The van der Waals surface area contributed by atoms with Crippen LogP contribution in [0.3, 0.4) is 0 Å². The summed E-state index contributed by atoms with van der Waals surface area (Å²) in [7, 11) is 0. The van der Waals surface area contributed by atoms with Gasteiger partial charge in [-0.15, -0.1) is 10.2 Å². The first-order chi connectivity index (χ1) is 8.24. The molecule has 6 heteroatoms. The summed E-state index contributed by atoms with van der Waals surface area (Å²) in [6.07, 6.45) is 2.94. The van der Waals surface area contributed by atoms with E-state index < -0.39 is 5.54 Å². The molecule has 0 atom stereocenters. The molecule has 2 fully saturated rings. The lowest BCUT2D eigenvalue weighted by molar-refractivity contribution is -0.0794. The van der Waals surface area contributed by atoms with Crippen LogP contribution in [0.25, 0.3) is 0 Å². The van der Waals surface area contributed by atoms with E-state index in [1.165, 1.54) is 0 Å². The predicted octanol–water partition coefficient (Wildman–Crippen LogP) is 2.33. The molecule has 0 aromatic heterocycles. The van der Waals surface area contributed by atoms with Gasteiger partial charge in [-0.25, -0.2) is 5.06 Å². The molecular weight excluding hydrogens is 232 g/mol. The summed E-state index contributed by atoms with van der Waals surface area (Å²) in [5.74, 6) is 0.983. The average Bonchev–Trinajstić information content (AvgIpc) is 2.68. The van der Waals surface area contributed by atoms with Crippen molar-refractivity contribution < 1.29 is 5.21 Å². The molecule has 0 bridgehead atoms. The molecule has 2 heterocycles. The molecule has 2 aliphatic heterocycles. The van der Waals surface area contributed by atoms with Crippen LogP contribution in [0.15, 0.2) is 10.2 Å². The first kappa shape index (κ1) is 13.3. The van der Waals surface area contributed by atoms with Crippen LogP contribution in [0.5, 0.6) is 0 Å². The summed E-state index contributed by atoms with van der Waals surface area (Å²) >= 11 is 0. The van der Waals surface area contributed by atoms with E-state index in [4.69, 9.17) is 0 Å². The van der Waals surface area contributed by atoms with Crippen LogP contribution in [-0.2, 0) is 0 Å². The van der Waals surface area contributed by atoms with E-state index in [-0.39, 0.29) is 5.54 Å². The fourth-order valence-corrected chi connectivity index (χ4v) is 2.25. The van der Waals surface area contributed by atoms with Crippen molar-refractivity contribution in [2.45, 2.75) is 64.5 Å². The first-order valence-corrected chi connectivity index (χ1v) is 6.34. The van der Waals surface area contributed by atoms with Crippen molar-refractivity contribution in [3.63, 3.8) is 0 Å². The van der Waals surface area contributed by atoms with Crippen LogP contribution in [0.2, 0.25) is 0 Å². The zero-order valence-corrected chi connectivity index (χ0v) is 11.5. The highest BCUT2D eigenvalue weighted by atomic mass is 16.5. The minimum atomic E-state index is -0.396. The number of hydrogen-bond donors (Lipinski definition) is 1. The summed E-state index contributed by atoms with van der Waals surface area (Å²) in [5, 5.41) is 31.9. The minimum absolute atomic E-state index is 0.300. The molecule has 6 nitrogen and oxygen atoms in total. The smallest absolute Gasteiger partial charge is 0.151 e. The van der Waals surface area contributed by atoms with Gasteiger partial charge in [0.2, 0.25) is 0 Å². The van der Waals surface area contributed by atoms with Crippen LogP contribution < -0.4 is 0 Å². The Morgan fingerprint density at radius 2 is 1.50 bits per heavy atom. The van der Waals surface area contributed by atoms with E-state index in [9.17, 15) is 10.4 Å². The molecule has 0 unspecified atom stereocenters. The maximum absolute atomic E-state index is 11.9. The Kier molecular flexibility index (Phi) is 3.11. The molecule has 0 aliphatic carbocycles. The summed E-state index contributed by atoms with van der Waals surface area (Å²) in [4.78, 5) is 0. The predicted molar refractivity (Wildman–Crippen MR) is 70.3 cm³/mol. The SMILES string of the molecule is CC1(C)CCC(=NN=C2CCC(C)(C)N2O)N1[O-]. The second-order valence-corrected chi connectivity index (χ2v) is 6.26. The van der Waals surface area contributed by atoms with Gasteiger partial charge in [-0.2, -0.15) is 0 Å². The van der Waals surface area contributed by atoms with Crippen molar-refractivity contribution in [3.8, 4) is 0 Å². The van der Waals surface area contributed by atoms with Crippen molar-refractivity contribution in [1.82, 2.24) is 10.1 Å². The molecular formula is C12H21N4O2-. The Morgan fingerprint density at radius 1 is 1.00 bits per heavy atom. The number of hydroxylamine groups is 4. The Bertz CT molecular complexity index is 363. The van der Waals surface area contributed by atoms with E-state index >= 15 is 0 Å². The second kappa shape index (κ2) is 4.20. The number of rotatable bonds is 1. The van der Waals surface area contributed by atoms with E-state index in [0.29, 0.717) is 24.5 Å². The normalized spacial score (nSPS) is 30.8. The van der Waals surface area contributed by atoms with Crippen molar-refractivity contribution >= 4 is 11.7 Å². The van der Waals surface area contributed by atoms with Crippen LogP contribution in [0, 0.1) is 5.21 Å². The Hall–Kier alpha value is -1.14. The van der Waals surface area contributed by atoms with Gasteiger partial charge < -0.3 is 10.3 Å². The minimum Gasteiger partial charge on any atom is -0.757 e. The van der Waals surface area contributed by atoms with Crippen LogP contribution in [-0.4, -0.2) is 38.1 Å². The monoisotopic (exact) mass is 253 g/mol. The maximum Gasteiger partial charge on any atom is 0.151 e. The van der Waals surface area contributed by atoms with Crippen molar-refractivity contribution in [2.75, 3.05) is 0 Å². The van der Waals surface area contributed by atoms with Gasteiger partial charge in [-0.3, -0.25) is 5.21 Å². The van der Waals surface area contributed by atoms with E-state index in [1.807, 2.05) is 27.7 Å². The largest absolute Gasteiger partial charge is 0.757 e. The molecule has 0 spiro atoms. The van der Waals surface area contributed by atoms with E-state index in [1.54, 1.807) is 0 Å². The highest BCUT2D eigenvalue weighted by molar-refractivity contribution is 5.88. The lowest BCUT2D eigenvalue weighted by atomic mass is 10.0. The molecule has 0 saturated carbocycles. The van der Waals surface area contributed by atoms with Gasteiger partial charge >= 0.3 is 0 Å². The van der Waals surface area contributed by atoms with Crippen molar-refractivity contribution in [2.24, 2.45) is 10.2 Å². The standard InChI is InChI=1S/C12H21N4O2/c1-11(2)7-5-9(15(11)17)13-14-10-6-8-12(3,4)16(10)18/h17H,5-8H2,1-4H3/q-1. The fourth-order valence-electron chi connectivity index (χ4n) is 2.25. The Morgan fingerprint density at radius 3 is 1.94 bits per heavy atom. The third-order valence-corrected chi connectivity index (χ3v) is 3.80. The number of hydrogen-bond acceptors (Lipinski definition) is 4. The lowest BCUT2D eigenvalue weighted by Gasteiger charge is -2.38. The third kappa shape index (κ3) is 2.22. The van der Waals surface area contributed by atoms with Gasteiger partial charge in [0, 0.05) is 18.4 Å². The summed E-state index contributed by atoms with van der Waals surface area (Å²) < 4.78 is 0. The quantitative estimate of drug-likeness (QED) is 0.728. The Labute approximate surface area is 108 Å². The van der Waals surface area contributed by atoms with Crippen LogP contribution in [0.1, 0.15) is 53.4 Å². The average molecular weight is 253 g/mol. The molecule has 1 N–H and O–H groups in total. The zero-order valence-electron chi connectivity index (χ0n) is 11.5. The Balaban J connectivity index is 2.13. The van der Waals surface area contributed by atoms with Crippen LogP contribution >= 0.6 is 0 Å². The van der Waals surface area contributed by atoms with E-state index in [0.717, 1.165) is 23.0 Å². The number of amidine groups is 2. The summed E-state index contributed by atoms with van der Waals surface area (Å²) in [6.45, 7) is 7.68. The van der Waals surface area contributed by atoms with Gasteiger partial charge in [0.25, 0.3) is 0 Å². The highest BCUT2D eigenvalue weighted by Gasteiger charge is 2.36. The topological polar surface area (TPSA) is 74.5 Å². The van der Waals surface area contributed by atoms with Gasteiger partial charge in [0.15, 0.2) is 5.84 Å². The molecule has 2 aliphatic rings. The first-order valence-electron chi connectivity index (χ1n) is 6.34. The van der Waals surface area contributed by atoms with Gasteiger partial charge in [-0.05, 0) is 40.5 Å². The molecule has 0 aromatic carbocycles. The second-order valence-electron chi connectivity index (χ2n) is 6.26. The molecule has 0 radical (unpaired) electrons. The fraction of sp³-hybridized carbons (Fsp3) is 0.833. The molecule has 0 aromatic rings. The van der Waals surface area contributed by atoms with Gasteiger partial charge in [-0.1, -0.05) is 0 Å².